The van der Waals surface area contributed by atoms with Crippen LogP contribution in [0.3, 0.4) is 0 Å². The van der Waals surface area contributed by atoms with Gasteiger partial charge in [-0.2, -0.15) is 0 Å². The molecule has 0 bridgehead atoms. The van der Waals surface area contributed by atoms with E-state index in [-0.39, 0.29) is 0 Å². The second-order valence-electron chi connectivity index (χ2n) is 5.41. The molecule has 102 valence electrons. The number of rotatable bonds is 4. The summed E-state index contributed by atoms with van der Waals surface area (Å²) in [7, 11) is 2.11. The van der Waals surface area contributed by atoms with E-state index < -0.39 is 0 Å². The van der Waals surface area contributed by atoms with Crippen molar-refractivity contribution in [3.63, 3.8) is 0 Å². The van der Waals surface area contributed by atoms with Gasteiger partial charge in [0.1, 0.15) is 0 Å². The van der Waals surface area contributed by atoms with E-state index in [4.69, 9.17) is 11.6 Å². The first-order chi connectivity index (χ1) is 8.79. The maximum Gasteiger partial charge on any atom is 0.0931 e. The molecule has 1 fully saturated rings. The van der Waals surface area contributed by atoms with Crippen molar-refractivity contribution in [1.82, 2.24) is 5.32 Å². The Morgan fingerprint density at radius 3 is 2.44 bits per heavy atom. The molecule has 1 aliphatic carbocycles. The van der Waals surface area contributed by atoms with E-state index in [1.807, 2.05) is 6.07 Å². The van der Waals surface area contributed by atoms with Gasteiger partial charge in [0.25, 0.3) is 0 Å². The van der Waals surface area contributed by atoms with Gasteiger partial charge >= 0.3 is 0 Å². The maximum atomic E-state index is 6.02. The molecule has 0 amide bonds. The Morgan fingerprint density at radius 1 is 1.22 bits per heavy atom. The minimum atomic E-state index is 0.623. The highest BCUT2D eigenvalue weighted by atomic mass is 35.5. The van der Waals surface area contributed by atoms with Crippen LogP contribution in [0, 0.1) is 5.92 Å². The Bertz CT molecular complexity index is 342. The summed E-state index contributed by atoms with van der Waals surface area (Å²) in [6.07, 6.45) is 11.0. The van der Waals surface area contributed by atoms with Crippen LogP contribution in [0.5, 0.6) is 0 Å². The third-order valence-corrected chi connectivity index (χ3v) is 5.39. The van der Waals surface area contributed by atoms with E-state index in [2.05, 4.69) is 18.4 Å². The zero-order chi connectivity index (χ0) is 12.8. The molecular weight excluding hydrogens is 262 g/mol. The Labute approximate surface area is 120 Å². The average molecular weight is 286 g/mol. The van der Waals surface area contributed by atoms with Crippen molar-refractivity contribution in [3.05, 3.63) is 21.3 Å². The Hall–Kier alpha value is -0.0500. The lowest BCUT2D eigenvalue weighted by atomic mass is 9.84. The summed E-state index contributed by atoms with van der Waals surface area (Å²) >= 11 is 7.75. The molecule has 1 N–H and O–H groups in total. The third-order valence-electron chi connectivity index (χ3n) is 4.14. The molecule has 1 heterocycles. The fourth-order valence-corrected chi connectivity index (χ4v) is 4.22. The largest absolute Gasteiger partial charge is 0.316 e. The standard InChI is InChI=1S/C15H24ClNS/c1-17-14(11-13-9-10-15(16)18-13)12-7-5-3-2-4-6-8-12/h9-10,12,14,17H,2-8,11H2,1H3. The summed E-state index contributed by atoms with van der Waals surface area (Å²) in [6, 6.07) is 4.82. The van der Waals surface area contributed by atoms with Gasteiger partial charge < -0.3 is 5.32 Å². The SMILES string of the molecule is CNC(Cc1ccc(Cl)s1)C1CCCCCCC1. The van der Waals surface area contributed by atoms with E-state index >= 15 is 0 Å². The zero-order valence-corrected chi connectivity index (χ0v) is 12.8. The molecule has 18 heavy (non-hydrogen) atoms. The first-order valence-corrected chi connectivity index (χ1v) is 8.40. The fourth-order valence-electron chi connectivity index (χ4n) is 3.07. The van der Waals surface area contributed by atoms with Crippen LogP contribution in [0.15, 0.2) is 12.1 Å². The van der Waals surface area contributed by atoms with Crippen molar-refractivity contribution in [2.75, 3.05) is 7.05 Å². The van der Waals surface area contributed by atoms with E-state index in [0.29, 0.717) is 6.04 Å². The molecule has 1 saturated carbocycles. The summed E-state index contributed by atoms with van der Waals surface area (Å²) in [5.74, 6) is 0.844. The van der Waals surface area contributed by atoms with Gasteiger partial charge in [-0.3, -0.25) is 0 Å². The molecule has 3 heteroatoms. The molecule has 1 atom stereocenters. The first-order valence-electron chi connectivity index (χ1n) is 7.21. The van der Waals surface area contributed by atoms with Gasteiger partial charge in [-0.1, -0.05) is 43.7 Å². The smallest absolute Gasteiger partial charge is 0.0931 e. The average Bonchev–Trinajstić information content (AvgIpc) is 2.72. The second-order valence-corrected chi connectivity index (χ2v) is 7.21. The van der Waals surface area contributed by atoms with Crippen LogP contribution in [0.2, 0.25) is 4.34 Å². The molecule has 1 unspecified atom stereocenters. The van der Waals surface area contributed by atoms with Crippen molar-refractivity contribution in [3.8, 4) is 0 Å². The predicted octanol–water partition coefficient (Wildman–Crippen LogP) is 4.89. The van der Waals surface area contributed by atoms with Crippen LogP contribution >= 0.6 is 22.9 Å². The quantitative estimate of drug-likeness (QED) is 0.830. The van der Waals surface area contributed by atoms with E-state index in [9.17, 15) is 0 Å². The first kappa shape index (κ1) is 14.4. The van der Waals surface area contributed by atoms with Crippen LogP contribution in [0.25, 0.3) is 0 Å². The van der Waals surface area contributed by atoms with Crippen molar-refractivity contribution in [1.29, 1.82) is 0 Å². The Kier molecular flexibility index (Phi) is 6.00. The lowest BCUT2D eigenvalue weighted by molar-refractivity contribution is 0.294. The minimum absolute atomic E-state index is 0.623. The molecule has 0 aromatic carbocycles. The molecule has 1 aromatic rings. The summed E-state index contributed by atoms with van der Waals surface area (Å²) < 4.78 is 0.914. The Balaban J connectivity index is 1.93. The monoisotopic (exact) mass is 285 g/mol. The lowest BCUT2D eigenvalue weighted by Gasteiger charge is -2.28. The van der Waals surface area contributed by atoms with Crippen LogP contribution in [0.4, 0.5) is 0 Å². The van der Waals surface area contributed by atoms with Crippen molar-refractivity contribution < 1.29 is 0 Å². The number of nitrogens with one attached hydrogen (secondary N) is 1. The number of halogens is 1. The molecule has 1 aromatic heterocycles. The summed E-state index contributed by atoms with van der Waals surface area (Å²) in [6.45, 7) is 0. The van der Waals surface area contributed by atoms with E-state index in [1.54, 1.807) is 11.3 Å². The van der Waals surface area contributed by atoms with Gasteiger partial charge in [0, 0.05) is 10.9 Å². The van der Waals surface area contributed by atoms with Crippen LogP contribution in [0.1, 0.15) is 49.8 Å². The normalized spacial score (nSPS) is 20.3. The van der Waals surface area contributed by atoms with Gasteiger partial charge in [-0.25, -0.2) is 0 Å². The second kappa shape index (κ2) is 7.52. The molecular formula is C15H24ClNS. The molecule has 0 saturated heterocycles. The van der Waals surface area contributed by atoms with E-state index in [0.717, 1.165) is 16.7 Å². The molecule has 2 rings (SSSR count). The Morgan fingerprint density at radius 2 is 1.89 bits per heavy atom. The predicted molar refractivity (Wildman–Crippen MR) is 81.7 cm³/mol. The molecule has 1 nitrogen and oxygen atoms in total. The highest BCUT2D eigenvalue weighted by Gasteiger charge is 2.21. The molecule has 0 radical (unpaired) electrons. The fraction of sp³-hybridized carbons (Fsp3) is 0.733. The summed E-state index contributed by atoms with van der Waals surface area (Å²) in [5.41, 5.74) is 0. The highest BCUT2D eigenvalue weighted by molar-refractivity contribution is 7.16. The zero-order valence-electron chi connectivity index (χ0n) is 11.3. The summed E-state index contributed by atoms with van der Waals surface area (Å²) in [4.78, 5) is 1.42. The number of hydrogen-bond acceptors (Lipinski definition) is 2. The van der Waals surface area contributed by atoms with Gasteiger partial charge in [0.2, 0.25) is 0 Å². The van der Waals surface area contributed by atoms with E-state index in [1.165, 1.54) is 49.8 Å². The number of hydrogen-bond donors (Lipinski definition) is 1. The van der Waals surface area contributed by atoms with Crippen LogP contribution in [-0.2, 0) is 6.42 Å². The van der Waals surface area contributed by atoms with Gasteiger partial charge in [-0.15, -0.1) is 11.3 Å². The van der Waals surface area contributed by atoms with Gasteiger partial charge in [-0.05, 0) is 44.4 Å². The van der Waals surface area contributed by atoms with Crippen LogP contribution < -0.4 is 5.32 Å². The summed E-state index contributed by atoms with van der Waals surface area (Å²) in [5, 5.41) is 3.54. The van der Waals surface area contributed by atoms with Gasteiger partial charge in [0.05, 0.1) is 4.34 Å². The highest BCUT2D eigenvalue weighted by Crippen LogP contribution is 2.29. The van der Waals surface area contributed by atoms with Gasteiger partial charge in [0.15, 0.2) is 0 Å². The topological polar surface area (TPSA) is 12.0 Å². The molecule has 0 spiro atoms. The maximum absolute atomic E-state index is 6.02. The van der Waals surface area contributed by atoms with Crippen molar-refractivity contribution >= 4 is 22.9 Å². The molecule has 1 aliphatic rings. The third kappa shape index (κ3) is 4.25. The van der Waals surface area contributed by atoms with Crippen LogP contribution in [-0.4, -0.2) is 13.1 Å². The lowest BCUT2D eigenvalue weighted by Crippen LogP contribution is -2.35. The minimum Gasteiger partial charge on any atom is -0.316 e. The molecule has 0 aliphatic heterocycles. The number of likely N-dealkylation sites (N-methyl/N-ethyl adjacent to an activating group) is 1. The van der Waals surface area contributed by atoms with Crippen molar-refractivity contribution in [2.45, 2.75) is 57.4 Å². The van der Waals surface area contributed by atoms with Crippen molar-refractivity contribution in [2.24, 2.45) is 5.92 Å². The number of thiophene rings is 1.